The number of hydrogen-bond acceptors (Lipinski definition) is 5. The van der Waals surface area contributed by atoms with Gasteiger partial charge in [-0.1, -0.05) is 42.8 Å². The minimum atomic E-state index is -0.492. The van der Waals surface area contributed by atoms with E-state index in [2.05, 4.69) is 20.6 Å². The van der Waals surface area contributed by atoms with Crippen molar-refractivity contribution in [2.45, 2.75) is 32.2 Å². The first-order valence-electron chi connectivity index (χ1n) is 12.2. The Bertz CT molecular complexity index is 1270. The number of rotatable bonds is 9. The quantitative estimate of drug-likeness (QED) is 0.390. The van der Waals surface area contributed by atoms with Crippen LogP contribution in [0.15, 0.2) is 48.5 Å². The zero-order chi connectivity index (χ0) is 26.5. The van der Waals surface area contributed by atoms with E-state index < -0.39 is 11.8 Å². The Balaban J connectivity index is 1.59. The van der Waals surface area contributed by atoms with Crippen LogP contribution in [-0.4, -0.2) is 65.9 Å². The molecule has 196 valence electrons. The number of nitrogens with one attached hydrogen (secondary N) is 2. The van der Waals surface area contributed by atoms with Crippen molar-refractivity contribution >= 4 is 29.2 Å². The smallest absolute Gasteiger partial charge is 0.320 e. The second kappa shape index (κ2) is 11.9. The second-order valence-corrected chi connectivity index (χ2v) is 9.49. The van der Waals surface area contributed by atoms with Crippen molar-refractivity contribution in [1.29, 1.82) is 0 Å². The molecule has 1 fully saturated rings. The van der Waals surface area contributed by atoms with Crippen LogP contribution in [0, 0.1) is 12.7 Å². The summed E-state index contributed by atoms with van der Waals surface area (Å²) in [7, 11) is 1.64. The highest BCUT2D eigenvalue weighted by molar-refractivity contribution is 6.30. The number of nitrogens with zero attached hydrogens (tertiary/aromatic N) is 3. The standard InChI is InChI=1S/C27H31ClFN5O3/c1-4-24(35)25-17(2)26(34(32-25)19-8-6-5-7-9-19)31-27(36)30-23-16-33(12-13-37-3)15-20(23)18-10-11-21(28)22(29)14-18/h5-11,14,20,23H,4,12-13,15-16H2,1-3H3,(H2,30,31,36)/t20?,23-/m1/s1. The van der Waals surface area contributed by atoms with Gasteiger partial charge >= 0.3 is 6.03 Å². The van der Waals surface area contributed by atoms with Gasteiger partial charge in [-0.3, -0.25) is 15.0 Å². The van der Waals surface area contributed by atoms with Crippen LogP contribution in [-0.2, 0) is 4.74 Å². The lowest BCUT2D eigenvalue weighted by atomic mass is 9.94. The highest BCUT2D eigenvalue weighted by Crippen LogP contribution is 2.30. The highest BCUT2D eigenvalue weighted by atomic mass is 35.5. The summed E-state index contributed by atoms with van der Waals surface area (Å²) >= 11 is 5.90. The SMILES string of the molecule is CCC(=O)c1nn(-c2ccccc2)c(NC(=O)N[C@@H]2CN(CCOC)CC2c2ccc(Cl)c(F)c2)c1C. The van der Waals surface area contributed by atoms with E-state index in [0.717, 1.165) is 11.3 Å². The summed E-state index contributed by atoms with van der Waals surface area (Å²) in [4.78, 5) is 28.0. The van der Waals surface area contributed by atoms with E-state index in [-0.39, 0.29) is 22.8 Å². The predicted octanol–water partition coefficient (Wildman–Crippen LogP) is 4.80. The summed E-state index contributed by atoms with van der Waals surface area (Å²) < 4.78 is 21.0. The zero-order valence-electron chi connectivity index (χ0n) is 21.1. The maximum Gasteiger partial charge on any atom is 0.320 e. The number of amides is 2. The Labute approximate surface area is 220 Å². The van der Waals surface area contributed by atoms with E-state index in [1.54, 1.807) is 31.7 Å². The number of ketones is 1. The molecule has 1 aliphatic heterocycles. The van der Waals surface area contributed by atoms with Crippen molar-refractivity contribution < 1.29 is 18.7 Å². The van der Waals surface area contributed by atoms with E-state index in [9.17, 15) is 14.0 Å². The third-order valence-electron chi connectivity index (χ3n) is 6.64. The average Bonchev–Trinajstić information content (AvgIpc) is 3.45. The van der Waals surface area contributed by atoms with Crippen molar-refractivity contribution in [2.75, 3.05) is 38.7 Å². The molecule has 2 heterocycles. The van der Waals surface area contributed by atoms with E-state index in [0.29, 0.717) is 49.7 Å². The lowest BCUT2D eigenvalue weighted by molar-refractivity contribution is 0.0982. The number of likely N-dealkylation sites (tertiary alicyclic amines) is 1. The van der Waals surface area contributed by atoms with Crippen LogP contribution in [0.5, 0.6) is 0 Å². The summed E-state index contributed by atoms with van der Waals surface area (Å²) in [6.07, 6.45) is 0.303. The van der Waals surface area contributed by atoms with Gasteiger partial charge in [-0.05, 0) is 36.8 Å². The molecule has 3 aromatic rings. The maximum absolute atomic E-state index is 14.3. The van der Waals surface area contributed by atoms with Crippen LogP contribution in [0.25, 0.3) is 5.69 Å². The van der Waals surface area contributed by atoms with Gasteiger partial charge in [0.15, 0.2) is 5.78 Å². The van der Waals surface area contributed by atoms with Gasteiger partial charge in [0, 0.05) is 44.6 Å². The van der Waals surface area contributed by atoms with E-state index in [1.807, 2.05) is 30.3 Å². The molecule has 1 unspecified atom stereocenters. The van der Waals surface area contributed by atoms with E-state index in [1.165, 1.54) is 12.1 Å². The molecule has 2 atom stereocenters. The highest BCUT2D eigenvalue weighted by Gasteiger charge is 2.35. The number of urea groups is 1. The predicted molar refractivity (Wildman–Crippen MR) is 141 cm³/mol. The third kappa shape index (κ3) is 6.01. The van der Waals surface area contributed by atoms with Crippen molar-refractivity contribution in [3.8, 4) is 5.69 Å². The molecule has 2 aromatic carbocycles. The first-order valence-corrected chi connectivity index (χ1v) is 12.6. The van der Waals surface area contributed by atoms with Crippen LogP contribution in [0.4, 0.5) is 15.0 Å². The topological polar surface area (TPSA) is 88.5 Å². The number of Topliss-reactive ketones (excluding diaryl/α,β-unsaturated/α-hetero) is 1. The first kappa shape index (κ1) is 26.8. The number of halogens is 2. The number of ether oxygens (including phenoxy) is 1. The Kier molecular flexibility index (Phi) is 8.58. The Morgan fingerprint density at radius 1 is 1.19 bits per heavy atom. The van der Waals surface area contributed by atoms with Crippen LogP contribution < -0.4 is 10.6 Å². The van der Waals surface area contributed by atoms with Crippen molar-refractivity contribution in [3.05, 3.63) is 76.2 Å². The monoisotopic (exact) mass is 527 g/mol. The molecule has 0 spiro atoms. The number of methoxy groups -OCH3 is 1. The minimum absolute atomic E-state index is 0.0577. The van der Waals surface area contributed by atoms with Gasteiger partial charge < -0.3 is 10.1 Å². The molecule has 0 bridgehead atoms. The zero-order valence-corrected chi connectivity index (χ0v) is 21.9. The summed E-state index contributed by atoms with van der Waals surface area (Å²) in [5, 5.41) is 10.5. The molecule has 0 radical (unpaired) electrons. The molecule has 8 nitrogen and oxygen atoms in total. The molecule has 0 aliphatic carbocycles. The van der Waals surface area contributed by atoms with Crippen LogP contribution >= 0.6 is 11.6 Å². The lowest BCUT2D eigenvalue weighted by Gasteiger charge is -2.21. The Hall–Kier alpha value is -3.27. The number of carbonyl (C=O) groups is 2. The van der Waals surface area contributed by atoms with Crippen LogP contribution in [0.1, 0.15) is 40.9 Å². The third-order valence-corrected chi connectivity index (χ3v) is 6.94. The number of benzene rings is 2. The summed E-state index contributed by atoms with van der Waals surface area (Å²) in [6.45, 7) is 5.98. The van der Waals surface area contributed by atoms with Gasteiger partial charge in [0.25, 0.3) is 0 Å². The molecule has 1 aromatic heterocycles. The lowest BCUT2D eigenvalue weighted by Crippen LogP contribution is -2.42. The fourth-order valence-corrected chi connectivity index (χ4v) is 4.78. The Morgan fingerprint density at radius 2 is 1.95 bits per heavy atom. The average molecular weight is 528 g/mol. The van der Waals surface area contributed by atoms with Gasteiger partial charge in [-0.2, -0.15) is 5.10 Å². The van der Waals surface area contributed by atoms with Gasteiger partial charge in [0.05, 0.1) is 23.4 Å². The van der Waals surface area contributed by atoms with Crippen LogP contribution in [0.3, 0.4) is 0 Å². The fraction of sp³-hybridized carbons (Fsp3) is 0.370. The number of para-hydroxylation sites is 1. The van der Waals surface area contributed by atoms with Gasteiger partial charge in [-0.15, -0.1) is 0 Å². The molecule has 1 aliphatic rings. The van der Waals surface area contributed by atoms with Crippen molar-refractivity contribution in [2.24, 2.45) is 0 Å². The number of aromatic nitrogens is 2. The number of anilines is 1. The normalized spacial score (nSPS) is 17.6. The summed E-state index contributed by atoms with van der Waals surface area (Å²) in [6, 6.07) is 13.3. The molecule has 1 saturated heterocycles. The van der Waals surface area contributed by atoms with E-state index >= 15 is 0 Å². The number of hydrogen-bond donors (Lipinski definition) is 2. The maximum atomic E-state index is 14.3. The molecule has 2 N–H and O–H groups in total. The number of carbonyl (C=O) groups excluding carboxylic acids is 2. The molecule has 37 heavy (non-hydrogen) atoms. The fourth-order valence-electron chi connectivity index (χ4n) is 4.66. The minimum Gasteiger partial charge on any atom is -0.383 e. The van der Waals surface area contributed by atoms with Gasteiger partial charge in [-0.25, -0.2) is 13.9 Å². The Morgan fingerprint density at radius 3 is 2.62 bits per heavy atom. The first-order chi connectivity index (χ1) is 17.8. The van der Waals surface area contributed by atoms with Gasteiger partial charge in [0.1, 0.15) is 17.3 Å². The van der Waals surface area contributed by atoms with E-state index in [4.69, 9.17) is 16.3 Å². The van der Waals surface area contributed by atoms with Crippen molar-refractivity contribution in [1.82, 2.24) is 20.0 Å². The molecular weight excluding hydrogens is 497 g/mol. The van der Waals surface area contributed by atoms with Gasteiger partial charge in [0.2, 0.25) is 0 Å². The molecule has 0 saturated carbocycles. The largest absolute Gasteiger partial charge is 0.383 e. The molecule has 10 heteroatoms. The van der Waals surface area contributed by atoms with Crippen LogP contribution in [0.2, 0.25) is 5.02 Å². The van der Waals surface area contributed by atoms with Crippen molar-refractivity contribution in [3.63, 3.8) is 0 Å². The molecule has 2 amide bonds. The molecular formula is C27H31ClFN5O3. The molecule has 4 rings (SSSR count). The summed E-state index contributed by atoms with van der Waals surface area (Å²) in [5.41, 5.74) is 2.39. The second-order valence-electron chi connectivity index (χ2n) is 9.08. The summed E-state index contributed by atoms with van der Waals surface area (Å²) in [5.74, 6) is -0.325.